The Kier molecular flexibility index (Phi) is 6.83. The third-order valence-electron chi connectivity index (χ3n) is 4.67. The molecule has 0 radical (unpaired) electrons. The molecule has 1 amide bonds. The first-order valence-electron chi connectivity index (χ1n) is 9.29. The van der Waals surface area contributed by atoms with Gasteiger partial charge in [-0.05, 0) is 37.8 Å². The molecule has 0 atom stereocenters. The standard InChI is InChI=1S/C21H26N2O2S/c1-16-23-19(15-26-16)14-25-20-10-6-5-9-18(20)11-12-21(24)22-13-17-7-3-2-4-8-17/h5-6,9-12,15,17H,2-4,7-8,13-14H2,1H3,(H,22,24)/b12-11+. The van der Waals surface area contributed by atoms with Crippen LogP contribution < -0.4 is 10.1 Å². The Balaban J connectivity index is 1.53. The van der Waals surface area contributed by atoms with Crippen LogP contribution in [0.2, 0.25) is 0 Å². The number of carbonyl (C=O) groups is 1. The van der Waals surface area contributed by atoms with Crippen molar-refractivity contribution >= 4 is 23.3 Å². The summed E-state index contributed by atoms with van der Waals surface area (Å²) in [5, 5.41) is 6.07. The summed E-state index contributed by atoms with van der Waals surface area (Å²) in [6.07, 6.45) is 9.80. The normalized spacial score (nSPS) is 15.3. The maximum atomic E-state index is 12.1. The molecule has 1 aromatic heterocycles. The SMILES string of the molecule is Cc1nc(COc2ccccc2/C=C/C(=O)NCC2CCCCC2)cs1. The van der Waals surface area contributed by atoms with Crippen LogP contribution in [0.25, 0.3) is 6.08 Å². The van der Waals surface area contributed by atoms with Crippen LogP contribution in [0.15, 0.2) is 35.7 Å². The summed E-state index contributed by atoms with van der Waals surface area (Å²) in [6, 6.07) is 7.74. The van der Waals surface area contributed by atoms with Crippen molar-refractivity contribution in [3.63, 3.8) is 0 Å². The minimum Gasteiger partial charge on any atom is -0.487 e. The first-order chi connectivity index (χ1) is 12.7. The number of hydrogen-bond donors (Lipinski definition) is 1. The number of ether oxygens (including phenoxy) is 1. The summed E-state index contributed by atoms with van der Waals surface area (Å²) >= 11 is 1.62. The van der Waals surface area contributed by atoms with Crippen molar-refractivity contribution in [2.24, 2.45) is 5.92 Å². The van der Waals surface area contributed by atoms with Gasteiger partial charge in [0, 0.05) is 23.6 Å². The highest BCUT2D eigenvalue weighted by Gasteiger charge is 2.13. The van der Waals surface area contributed by atoms with Gasteiger partial charge in [-0.3, -0.25) is 4.79 Å². The van der Waals surface area contributed by atoms with Gasteiger partial charge >= 0.3 is 0 Å². The molecule has 0 spiro atoms. The lowest BCUT2D eigenvalue weighted by molar-refractivity contribution is -0.116. The van der Waals surface area contributed by atoms with E-state index < -0.39 is 0 Å². The number of aryl methyl sites for hydroxylation is 1. The van der Waals surface area contributed by atoms with Gasteiger partial charge < -0.3 is 10.1 Å². The summed E-state index contributed by atoms with van der Waals surface area (Å²) in [5.74, 6) is 1.35. The first-order valence-corrected chi connectivity index (χ1v) is 10.2. The Morgan fingerprint density at radius 2 is 2.12 bits per heavy atom. The van der Waals surface area contributed by atoms with Crippen molar-refractivity contribution in [1.82, 2.24) is 10.3 Å². The van der Waals surface area contributed by atoms with E-state index in [4.69, 9.17) is 4.74 Å². The Bertz CT molecular complexity index is 748. The number of benzene rings is 1. The predicted octanol–water partition coefficient (Wildman–Crippen LogP) is 4.74. The molecular formula is C21H26N2O2S. The van der Waals surface area contributed by atoms with Crippen LogP contribution >= 0.6 is 11.3 Å². The lowest BCUT2D eigenvalue weighted by atomic mass is 9.89. The fraction of sp³-hybridized carbons (Fsp3) is 0.429. The highest BCUT2D eigenvalue weighted by atomic mass is 32.1. The van der Waals surface area contributed by atoms with Gasteiger partial charge in [-0.25, -0.2) is 4.98 Å². The summed E-state index contributed by atoms with van der Waals surface area (Å²) in [6.45, 7) is 3.20. The second-order valence-corrected chi connectivity index (χ2v) is 7.83. The molecule has 1 aromatic carbocycles. The summed E-state index contributed by atoms with van der Waals surface area (Å²) in [5.41, 5.74) is 1.82. The molecule has 1 fully saturated rings. The molecule has 0 saturated heterocycles. The second kappa shape index (κ2) is 9.53. The van der Waals surface area contributed by atoms with Crippen LogP contribution in [-0.2, 0) is 11.4 Å². The number of nitrogens with zero attached hydrogens (tertiary/aromatic N) is 1. The average Bonchev–Trinajstić information content (AvgIpc) is 3.10. The van der Waals surface area contributed by atoms with Gasteiger partial charge in [0.2, 0.25) is 5.91 Å². The van der Waals surface area contributed by atoms with Crippen molar-refractivity contribution in [2.75, 3.05) is 6.54 Å². The van der Waals surface area contributed by atoms with Gasteiger partial charge in [0.05, 0.1) is 10.7 Å². The first kappa shape index (κ1) is 18.6. The van der Waals surface area contributed by atoms with Crippen molar-refractivity contribution in [3.05, 3.63) is 52.0 Å². The van der Waals surface area contributed by atoms with E-state index in [1.165, 1.54) is 32.1 Å². The summed E-state index contributed by atoms with van der Waals surface area (Å²) < 4.78 is 5.89. The van der Waals surface area contributed by atoms with Crippen LogP contribution in [0.5, 0.6) is 5.75 Å². The van der Waals surface area contributed by atoms with Crippen LogP contribution in [0.3, 0.4) is 0 Å². The lowest BCUT2D eigenvalue weighted by Crippen LogP contribution is -2.28. The zero-order chi connectivity index (χ0) is 18.2. The maximum Gasteiger partial charge on any atom is 0.244 e. The van der Waals surface area contributed by atoms with E-state index >= 15 is 0 Å². The van der Waals surface area contributed by atoms with Crippen LogP contribution in [0, 0.1) is 12.8 Å². The molecule has 0 aliphatic heterocycles. The molecule has 1 N–H and O–H groups in total. The van der Waals surface area contributed by atoms with Gasteiger partial charge in [-0.1, -0.05) is 37.5 Å². The van der Waals surface area contributed by atoms with Crippen molar-refractivity contribution < 1.29 is 9.53 Å². The minimum absolute atomic E-state index is 0.0412. The Morgan fingerprint density at radius 1 is 1.31 bits per heavy atom. The van der Waals surface area contributed by atoms with Gasteiger partial charge in [-0.15, -0.1) is 11.3 Å². The molecule has 0 bridgehead atoms. The fourth-order valence-corrected chi connectivity index (χ4v) is 3.83. The summed E-state index contributed by atoms with van der Waals surface area (Å²) in [7, 11) is 0. The van der Waals surface area contributed by atoms with E-state index in [0.29, 0.717) is 12.5 Å². The van der Waals surface area contributed by atoms with E-state index in [-0.39, 0.29) is 5.91 Å². The molecule has 4 nitrogen and oxygen atoms in total. The highest BCUT2D eigenvalue weighted by Crippen LogP contribution is 2.23. The topological polar surface area (TPSA) is 51.2 Å². The predicted molar refractivity (Wildman–Crippen MR) is 106 cm³/mol. The van der Waals surface area contributed by atoms with Gasteiger partial charge in [-0.2, -0.15) is 0 Å². The molecule has 0 unspecified atom stereocenters. The lowest BCUT2D eigenvalue weighted by Gasteiger charge is -2.21. The Labute approximate surface area is 159 Å². The summed E-state index contributed by atoms with van der Waals surface area (Å²) in [4.78, 5) is 16.5. The molecule has 5 heteroatoms. The zero-order valence-electron chi connectivity index (χ0n) is 15.2. The third-order valence-corrected chi connectivity index (χ3v) is 5.49. The number of thiazole rings is 1. The third kappa shape index (κ3) is 5.70. The van der Waals surface area contributed by atoms with E-state index in [0.717, 1.165) is 28.6 Å². The Hall–Kier alpha value is -2.14. The quantitative estimate of drug-likeness (QED) is 0.716. The van der Waals surface area contributed by atoms with E-state index in [1.54, 1.807) is 17.4 Å². The minimum atomic E-state index is -0.0412. The van der Waals surface area contributed by atoms with Crippen LogP contribution in [0.1, 0.15) is 48.4 Å². The molecule has 1 heterocycles. The Morgan fingerprint density at radius 3 is 2.88 bits per heavy atom. The van der Waals surface area contributed by atoms with Crippen LogP contribution in [-0.4, -0.2) is 17.4 Å². The number of para-hydroxylation sites is 1. The molecule has 1 aliphatic rings. The number of nitrogens with one attached hydrogen (secondary N) is 1. The van der Waals surface area contributed by atoms with Gasteiger partial charge in [0.1, 0.15) is 12.4 Å². The molecule has 1 saturated carbocycles. The second-order valence-electron chi connectivity index (χ2n) is 6.77. The van der Waals surface area contributed by atoms with E-state index in [9.17, 15) is 4.79 Å². The number of carbonyl (C=O) groups excluding carboxylic acids is 1. The monoisotopic (exact) mass is 370 g/mol. The fourth-order valence-electron chi connectivity index (χ4n) is 3.24. The number of rotatable bonds is 7. The maximum absolute atomic E-state index is 12.1. The number of aromatic nitrogens is 1. The number of hydrogen-bond acceptors (Lipinski definition) is 4. The molecule has 3 rings (SSSR count). The van der Waals surface area contributed by atoms with Gasteiger partial charge in [0.25, 0.3) is 0 Å². The average molecular weight is 371 g/mol. The molecule has 26 heavy (non-hydrogen) atoms. The van der Waals surface area contributed by atoms with Crippen molar-refractivity contribution in [2.45, 2.75) is 45.6 Å². The molecular weight excluding hydrogens is 344 g/mol. The van der Waals surface area contributed by atoms with Crippen molar-refractivity contribution in [1.29, 1.82) is 0 Å². The van der Waals surface area contributed by atoms with Gasteiger partial charge in [0.15, 0.2) is 0 Å². The van der Waals surface area contributed by atoms with Crippen LogP contribution in [0.4, 0.5) is 0 Å². The van der Waals surface area contributed by atoms with E-state index in [1.807, 2.05) is 42.6 Å². The zero-order valence-corrected chi connectivity index (χ0v) is 16.1. The highest BCUT2D eigenvalue weighted by molar-refractivity contribution is 7.09. The van der Waals surface area contributed by atoms with Crippen molar-refractivity contribution in [3.8, 4) is 5.75 Å². The number of amides is 1. The molecule has 138 valence electrons. The largest absolute Gasteiger partial charge is 0.487 e. The van der Waals surface area contributed by atoms with E-state index in [2.05, 4.69) is 10.3 Å². The smallest absolute Gasteiger partial charge is 0.244 e. The molecule has 2 aromatic rings. The molecule has 1 aliphatic carbocycles.